The van der Waals surface area contributed by atoms with Crippen molar-refractivity contribution in [2.45, 2.75) is 124 Å². The molecule has 0 fully saturated rings. The first-order valence-electron chi connectivity index (χ1n) is 11.2. The first kappa shape index (κ1) is 24.0. The van der Waals surface area contributed by atoms with Crippen LogP contribution in [0.15, 0.2) is 0 Å². The third-order valence-corrected chi connectivity index (χ3v) is 6.10. The van der Waals surface area contributed by atoms with Gasteiger partial charge in [-0.05, 0) is 32.4 Å². The molecule has 0 aromatic rings. The Bertz CT molecular complexity index is 248. The number of unbranched alkanes of at least 4 members (excludes halogenated alkanes) is 11. The van der Waals surface area contributed by atoms with E-state index in [1.165, 1.54) is 89.9 Å². The van der Waals surface area contributed by atoms with Crippen molar-refractivity contribution < 1.29 is 0 Å². The second-order valence-corrected chi connectivity index (χ2v) is 8.45. The normalized spacial score (nSPS) is 15.6. The van der Waals surface area contributed by atoms with E-state index >= 15 is 0 Å². The molecule has 0 radical (unpaired) electrons. The number of hydrogen-bond donors (Lipinski definition) is 0. The molecule has 0 aromatic carbocycles. The summed E-state index contributed by atoms with van der Waals surface area (Å²) in [4.78, 5) is 2.42. The maximum Gasteiger partial charge on any atom is 0.0115 e. The van der Waals surface area contributed by atoms with Gasteiger partial charge in [-0.3, -0.25) is 0 Å². The molecule has 0 N–H and O–H groups in total. The molecular weight excluding hydrogens is 290 g/mol. The first-order chi connectivity index (χ1) is 11.5. The molecule has 0 saturated carbocycles. The van der Waals surface area contributed by atoms with Gasteiger partial charge < -0.3 is 4.90 Å². The average molecular weight is 340 g/mol. The van der Waals surface area contributed by atoms with Gasteiger partial charge in [-0.15, -0.1) is 0 Å². The molecule has 0 saturated heterocycles. The fourth-order valence-corrected chi connectivity index (χ4v) is 4.16. The van der Waals surface area contributed by atoms with Gasteiger partial charge in [-0.1, -0.05) is 111 Å². The van der Waals surface area contributed by atoms with Crippen molar-refractivity contribution in [3.63, 3.8) is 0 Å². The minimum atomic E-state index is 0.748. The van der Waals surface area contributed by atoms with Crippen molar-refractivity contribution in [3.8, 4) is 0 Å². The molecule has 3 atom stereocenters. The minimum absolute atomic E-state index is 0.748. The first-order valence-corrected chi connectivity index (χ1v) is 11.2. The highest BCUT2D eigenvalue weighted by atomic mass is 15.1. The van der Waals surface area contributed by atoms with Crippen LogP contribution in [0.1, 0.15) is 118 Å². The molecule has 0 amide bonds. The maximum atomic E-state index is 2.47. The van der Waals surface area contributed by atoms with Crippen LogP contribution in [0.4, 0.5) is 0 Å². The summed E-state index contributed by atoms with van der Waals surface area (Å²) in [6.45, 7) is 9.55. The number of hydrogen-bond acceptors (Lipinski definition) is 1. The van der Waals surface area contributed by atoms with Crippen molar-refractivity contribution in [2.75, 3.05) is 14.1 Å². The van der Waals surface area contributed by atoms with Crippen molar-refractivity contribution >= 4 is 0 Å². The molecule has 24 heavy (non-hydrogen) atoms. The topological polar surface area (TPSA) is 3.24 Å². The lowest BCUT2D eigenvalue weighted by atomic mass is 9.83. The van der Waals surface area contributed by atoms with Gasteiger partial charge in [0, 0.05) is 6.04 Å². The van der Waals surface area contributed by atoms with E-state index < -0.39 is 0 Å². The summed E-state index contributed by atoms with van der Waals surface area (Å²) in [7, 11) is 4.47. The zero-order chi connectivity index (χ0) is 18.2. The van der Waals surface area contributed by atoms with Gasteiger partial charge in [0.05, 0.1) is 0 Å². The molecule has 0 aliphatic rings. The van der Waals surface area contributed by atoms with Crippen LogP contribution < -0.4 is 0 Å². The van der Waals surface area contributed by atoms with E-state index in [4.69, 9.17) is 0 Å². The fraction of sp³-hybridized carbons (Fsp3) is 1.00. The molecule has 0 aromatic heterocycles. The molecule has 0 aliphatic heterocycles. The largest absolute Gasteiger partial charge is 0.306 e. The van der Waals surface area contributed by atoms with Crippen LogP contribution >= 0.6 is 0 Å². The Morgan fingerprint density at radius 3 is 1.42 bits per heavy atom. The molecule has 146 valence electrons. The lowest BCUT2D eigenvalue weighted by molar-refractivity contribution is 0.164. The highest BCUT2D eigenvalue weighted by Gasteiger charge is 2.22. The highest BCUT2D eigenvalue weighted by Crippen LogP contribution is 2.25. The van der Waals surface area contributed by atoms with E-state index in [1.807, 2.05) is 0 Å². The summed E-state index contributed by atoms with van der Waals surface area (Å²) in [6.07, 6.45) is 20.1. The number of nitrogens with zero attached hydrogens (tertiary/aromatic N) is 1. The summed E-state index contributed by atoms with van der Waals surface area (Å²) >= 11 is 0. The van der Waals surface area contributed by atoms with E-state index in [-0.39, 0.29) is 0 Å². The standard InChI is InChI=1S/C23H49N/c1-7-9-10-11-12-13-14-15-16-17-18-19-20-21(3)22(4)23(8-2)24(5)6/h21-23H,7-20H2,1-6H3. The summed E-state index contributed by atoms with van der Waals surface area (Å²) in [5.41, 5.74) is 0. The zero-order valence-electron chi connectivity index (χ0n) is 18.1. The highest BCUT2D eigenvalue weighted by molar-refractivity contribution is 4.75. The lowest BCUT2D eigenvalue weighted by Gasteiger charge is -2.33. The fourth-order valence-electron chi connectivity index (χ4n) is 4.16. The average Bonchev–Trinajstić information content (AvgIpc) is 2.55. The van der Waals surface area contributed by atoms with E-state index in [0.717, 1.165) is 17.9 Å². The SMILES string of the molecule is CCCCCCCCCCCCCCC(C)C(C)C(CC)N(C)C. The Morgan fingerprint density at radius 1 is 0.625 bits per heavy atom. The van der Waals surface area contributed by atoms with Crippen molar-refractivity contribution in [1.82, 2.24) is 4.90 Å². The van der Waals surface area contributed by atoms with Gasteiger partial charge in [0.25, 0.3) is 0 Å². The van der Waals surface area contributed by atoms with Gasteiger partial charge in [0.2, 0.25) is 0 Å². The molecule has 0 rings (SSSR count). The Hall–Kier alpha value is -0.0400. The zero-order valence-corrected chi connectivity index (χ0v) is 18.1. The van der Waals surface area contributed by atoms with E-state index in [9.17, 15) is 0 Å². The Labute approximate surface area is 155 Å². The minimum Gasteiger partial charge on any atom is -0.306 e. The predicted octanol–water partition coefficient (Wildman–Crippen LogP) is 7.69. The number of rotatable bonds is 17. The van der Waals surface area contributed by atoms with Crippen LogP contribution in [0.3, 0.4) is 0 Å². The summed E-state index contributed by atoms with van der Waals surface area (Å²) in [6, 6.07) is 0.748. The third-order valence-electron chi connectivity index (χ3n) is 6.10. The van der Waals surface area contributed by atoms with Crippen LogP contribution in [0.5, 0.6) is 0 Å². The Balaban J connectivity index is 3.46. The van der Waals surface area contributed by atoms with Crippen LogP contribution in [0, 0.1) is 11.8 Å². The van der Waals surface area contributed by atoms with Crippen LogP contribution in [0.2, 0.25) is 0 Å². The summed E-state index contributed by atoms with van der Waals surface area (Å²) in [5.74, 6) is 1.68. The molecule has 0 aliphatic carbocycles. The van der Waals surface area contributed by atoms with E-state index in [1.54, 1.807) is 0 Å². The second-order valence-electron chi connectivity index (χ2n) is 8.45. The van der Waals surface area contributed by atoms with Gasteiger partial charge in [-0.25, -0.2) is 0 Å². The molecule has 1 nitrogen and oxygen atoms in total. The Kier molecular flexibility index (Phi) is 16.4. The molecule has 0 spiro atoms. The van der Waals surface area contributed by atoms with Gasteiger partial charge in [0.15, 0.2) is 0 Å². The van der Waals surface area contributed by atoms with E-state index in [2.05, 4.69) is 46.7 Å². The van der Waals surface area contributed by atoms with Gasteiger partial charge in [0.1, 0.15) is 0 Å². The summed E-state index contributed by atoms with van der Waals surface area (Å²) in [5, 5.41) is 0. The molecule has 0 bridgehead atoms. The molecular formula is C23H49N. The van der Waals surface area contributed by atoms with Crippen molar-refractivity contribution in [2.24, 2.45) is 11.8 Å². The van der Waals surface area contributed by atoms with Crippen LogP contribution in [0.25, 0.3) is 0 Å². The van der Waals surface area contributed by atoms with Crippen LogP contribution in [-0.4, -0.2) is 25.0 Å². The van der Waals surface area contributed by atoms with Gasteiger partial charge >= 0.3 is 0 Å². The third kappa shape index (κ3) is 12.3. The predicted molar refractivity (Wildman–Crippen MR) is 112 cm³/mol. The van der Waals surface area contributed by atoms with Crippen molar-refractivity contribution in [3.05, 3.63) is 0 Å². The molecule has 1 heteroatoms. The van der Waals surface area contributed by atoms with Gasteiger partial charge in [-0.2, -0.15) is 0 Å². The van der Waals surface area contributed by atoms with Crippen molar-refractivity contribution in [1.29, 1.82) is 0 Å². The molecule has 0 heterocycles. The molecule has 3 unspecified atom stereocenters. The lowest BCUT2D eigenvalue weighted by Crippen LogP contribution is -2.36. The summed E-state index contributed by atoms with van der Waals surface area (Å²) < 4.78 is 0. The maximum absolute atomic E-state index is 2.47. The smallest absolute Gasteiger partial charge is 0.0115 e. The monoisotopic (exact) mass is 339 g/mol. The van der Waals surface area contributed by atoms with Crippen LogP contribution in [-0.2, 0) is 0 Å². The quantitative estimate of drug-likeness (QED) is 0.245. The Morgan fingerprint density at radius 2 is 1.04 bits per heavy atom. The second kappa shape index (κ2) is 16.4. The van der Waals surface area contributed by atoms with E-state index in [0.29, 0.717) is 0 Å².